The third kappa shape index (κ3) is 6.74. The van der Waals surface area contributed by atoms with Gasteiger partial charge in [-0.2, -0.15) is 0 Å². The van der Waals surface area contributed by atoms with Crippen LogP contribution in [0.4, 0.5) is 10.1 Å². The van der Waals surface area contributed by atoms with Crippen LogP contribution in [0, 0.1) is 11.8 Å². The number of anilines is 1. The van der Waals surface area contributed by atoms with Gasteiger partial charge in [-0.1, -0.05) is 49.9 Å². The Bertz CT molecular complexity index is 943. The lowest BCUT2D eigenvalue weighted by atomic mass is 9.75. The minimum Gasteiger partial charge on any atom is -0.346 e. The van der Waals surface area contributed by atoms with Crippen molar-refractivity contribution in [3.8, 4) is 0 Å². The van der Waals surface area contributed by atoms with E-state index in [1.807, 2.05) is 42.8 Å². The zero-order valence-electron chi connectivity index (χ0n) is 19.0. The van der Waals surface area contributed by atoms with Gasteiger partial charge in [-0.25, -0.2) is 4.39 Å². The van der Waals surface area contributed by atoms with Gasteiger partial charge in [0, 0.05) is 24.0 Å². The number of hydrogen-bond acceptors (Lipinski definition) is 2. The van der Waals surface area contributed by atoms with Gasteiger partial charge < -0.3 is 5.32 Å². The molecule has 2 aliphatic carbocycles. The molecule has 1 atom stereocenters. The number of nitrogens with zero attached hydrogens (tertiary/aromatic N) is 2. The highest BCUT2D eigenvalue weighted by Crippen LogP contribution is 2.36. The Morgan fingerprint density at radius 3 is 2.69 bits per heavy atom. The lowest BCUT2D eigenvalue weighted by molar-refractivity contribution is 0.263. The molecule has 0 aliphatic heterocycles. The third-order valence-electron chi connectivity index (χ3n) is 6.40. The molecular weight excluding hydrogens is 397 g/mol. The van der Waals surface area contributed by atoms with Crippen LogP contribution in [0.3, 0.4) is 0 Å². The Kier molecular flexibility index (Phi) is 8.97. The highest BCUT2D eigenvalue weighted by molar-refractivity contribution is 5.97. The molecule has 3 rings (SSSR count). The summed E-state index contributed by atoms with van der Waals surface area (Å²) in [7, 11) is 0. The molecule has 1 aromatic carbocycles. The maximum Gasteiger partial charge on any atom is 0.119 e. The molecule has 3 nitrogen and oxygen atoms in total. The van der Waals surface area contributed by atoms with Crippen LogP contribution in [0.2, 0.25) is 0 Å². The molecule has 0 aromatic heterocycles. The number of halogens is 1. The van der Waals surface area contributed by atoms with Crippen molar-refractivity contribution in [3.05, 3.63) is 84.9 Å². The summed E-state index contributed by atoms with van der Waals surface area (Å²) in [6, 6.07) is 8.43. The van der Waals surface area contributed by atoms with Crippen LogP contribution in [0.25, 0.3) is 6.08 Å². The first-order chi connectivity index (χ1) is 15.6. The van der Waals surface area contributed by atoms with Crippen molar-refractivity contribution in [2.45, 2.75) is 51.5 Å². The van der Waals surface area contributed by atoms with Gasteiger partial charge in [-0.15, -0.1) is 0 Å². The number of allylic oxidation sites excluding steroid dienone is 6. The molecule has 0 saturated heterocycles. The minimum atomic E-state index is -0.193. The van der Waals surface area contributed by atoms with Crippen molar-refractivity contribution in [2.75, 3.05) is 5.32 Å². The first-order valence-corrected chi connectivity index (χ1v) is 11.6. The van der Waals surface area contributed by atoms with Gasteiger partial charge in [0.15, 0.2) is 0 Å². The van der Waals surface area contributed by atoms with Crippen molar-refractivity contribution in [3.63, 3.8) is 0 Å². The van der Waals surface area contributed by atoms with Crippen LogP contribution in [0.5, 0.6) is 0 Å². The molecule has 0 spiro atoms. The van der Waals surface area contributed by atoms with E-state index in [0.29, 0.717) is 24.3 Å². The molecule has 1 saturated carbocycles. The molecule has 0 radical (unpaired) electrons. The van der Waals surface area contributed by atoms with Crippen LogP contribution in [0.1, 0.15) is 51.0 Å². The van der Waals surface area contributed by atoms with E-state index in [0.717, 1.165) is 54.6 Å². The zero-order valence-corrected chi connectivity index (χ0v) is 19.0. The maximum absolute atomic E-state index is 13.0. The quantitative estimate of drug-likeness (QED) is 0.243. The zero-order chi connectivity index (χ0) is 22.8. The molecule has 32 heavy (non-hydrogen) atoms. The first kappa shape index (κ1) is 23.6. The standard InChI is InChI=1S/C28H34FN3/c1-4-22-8-6-7-9-28(22)32-20-31-27(5-2)24-12-10-23(11-13-24)21(3)18-19-30-26-16-14-25(29)15-17-26/h4,6-9,14-16,18-20,23-24,27H,1,3,5,10-13,17H2,2H3,(H,31,32)/b19-18-,30-26?. The average Bonchev–Trinajstić information content (AvgIpc) is 2.83. The molecule has 4 heteroatoms. The van der Waals surface area contributed by atoms with E-state index >= 15 is 0 Å². The van der Waals surface area contributed by atoms with E-state index in [1.165, 1.54) is 6.08 Å². The Morgan fingerprint density at radius 1 is 1.22 bits per heavy atom. The first-order valence-electron chi connectivity index (χ1n) is 11.6. The van der Waals surface area contributed by atoms with Gasteiger partial charge in [0.25, 0.3) is 0 Å². The van der Waals surface area contributed by atoms with Gasteiger partial charge in [0.1, 0.15) is 5.83 Å². The van der Waals surface area contributed by atoms with Gasteiger partial charge in [-0.3, -0.25) is 9.98 Å². The van der Waals surface area contributed by atoms with E-state index in [1.54, 1.807) is 18.4 Å². The molecule has 0 bridgehead atoms. The summed E-state index contributed by atoms with van der Waals surface area (Å²) in [6.07, 6.45) is 18.4. The SMILES string of the molecule is C=Cc1ccccc1NC=NC(CC)C1CCC(C(=C)/C=C\N=C2C=CC(F)=CC2)CC1. The van der Waals surface area contributed by atoms with E-state index < -0.39 is 0 Å². The highest BCUT2D eigenvalue weighted by atomic mass is 19.1. The number of benzene rings is 1. The summed E-state index contributed by atoms with van der Waals surface area (Å²) in [4.78, 5) is 9.28. The largest absolute Gasteiger partial charge is 0.346 e. The number of rotatable bonds is 9. The highest BCUT2D eigenvalue weighted by Gasteiger charge is 2.27. The second-order valence-corrected chi connectivity index (χ2v) is 8.44. The fourth-order valence-corrected chi connectivity index (χ4v) is 4.42. The molecule has 1 N–H and O–H groups in total. The molecule has 0 heterocycles. The molecule has 1 unspecified atom stereocenters. The van der Waals surface area contributed by atoms with Crippen LogP contribution < -0.4 is 5.32 Å². The predicted octanol–water partition coefficient (Wildman–Crippen LogP) is 7.68. The molecule has 168 valence electrons. The summed E-state index contributed by atoms with van der Waals surface area (Å²) in [6.45, 7) is 10.4. The van der Waals surface area contributed by atoms with Crippen molar-refractivity contribution in [1.29, 1.82) is 0 Å². The molecule has 1 aromatic rings. The summed E-state index contributed by atoms with van der Waals surface area (Å²) >= 11 is 0. The Balaban J connectivity index is 1.47. The Morgan fingerprint density at radius 2 is 2.00 bits per heavy atom. The van der Waals surface area contributed by atoms with Crippen molar-refractivity contribution in [2.24, 2.45) is 21.8 Å². The second-order valence-electron chi connectivity index (χ2n) is 8.44. The number of aliphatic imine (C=N–C) groups is 2. The number of hydrogen-bond donors (Lipinski definition) is 1. The smallest absolute Gasteiger partial charge is 0.119 e. The Hall–Kier alpha value is -3.01. The summed E-state index contributed by atoms with van der Waals surface area (Å²) in [5.41, 5.74) is 4.11. The van der Waals surface area contributed by atoms with Gasteiger partial charge in [-0.05, 0) is 79.9 Å². The molecule has 1 fully saturated rings. The van der Waals surface area contributed by atoms with Crippen molar-refractivity contribution in [1.82, 2.24) is 0 Å². The van der Waals surface area contributed by atoms with E-state index in [4.69, 9.17) is 4.99 Å². The average molecular weight is 432 g/mol. The number of para-hydroxylation sites is 1. The number of nitrogens with one attached hydrogen (secondary N) is 1. The predicted molar refractivity (Wildman–Crippen MR) is 137 cm³/mol. The van der Waals surface area contributed by atoms with E-state index in [-0.39, 0.29) is 5.83 Å². The van der Waals surface area contributed by atoms with Crippen LogP contribution >= 0.6 is 0 Å². The van der Waals surface area contributed by atoms with Gasteiger partial charge >= 0.3 is 0 Å². The Labute approximate surface area is 192 Å². The van der Waals surface area contributed by atoms with Gasteiger partial charge in [0.05, 0.1) is 12.4 Å². The summed E-state index contributed by atoms with van der Waals surface area (Å²) in [5.74, 6) is 0.914. The molecule has 2 aliphatic rings. The topological polar surface area (TPSA) is 36.8 Å². The molecular formula is C28H34FN3. The summed E-state index contributed by atoms with van der Waals surface area (Å²) in [5, 5.41) is 3.32. The van der Waals surface area contributed by atoms with Crippen LogP contribution in [0.15, 0.2) is 89.3 Å². The van der Waals surface area contributed by atoms with Crippen molar-refractivity contribution < 1.29 is 4.39 Å². The van der Waals surface area contributed by atoms with E-state index in [9.17, 15) is 4.39 Å². The van der Waals surface area contributed by atoms with E-state index in [2.05, 4.69) is 30.4 Å². The van der Waals surface area contributed by atoms with Gasteiger partial charge in [0.2, 0.25) is 0 Å². The minimum absolute atomic E-state index is 0.193. The normalized spacial score (nSPS) is 23.4. The van der Waals surface area contributed by atoms with Crippen LogP contribution in [-0.2, 0) is 0 Å². The lowest BCUT2D eigenvalue weighted by Crippen LogP contribution is -2.25. The summed E-state index contributed by atoms with van der Waals surface area (Å²) < 4.78 is 13.0. The van der Waals surface area contributed by atoms with Crippen LogP contribution in [-0.4, -0.2) is 18.1 Å². The lowest BCUT2D eigenvalue weighted by Gasteiger charge is -2.32. The fourth-order valence-electron chi connectivity index (χ4n) is 4.42. The monoisotopic (exact) mass is 431 g/mol. The fraction of sp³-hybridized carbons (Fsp3) is 0.357. The second kappa shape index (κ2) is 12.1. The third-order valence-corrected chi connectivity index (χ3v) is 6.40. The maximum atomic E-state index is 13.0. The van der Waals surface area contributed by atoms with Crippen molar-refractivity contribution >= 4 is 23.8 Å². The molecule has 0 amide bonds.